The number of hydrogen-bond donors (Lipinski definition) is 2. The van der Waals surface area contributed by atoms with Crippen LogP contribution in [0.15, 0.2) is 66.7 Å². The van der Waals surface area contributed by atoms with Crippen molar-refractivity contribution in [3.05, 3.63) is 77.9 Å². The molecule has 0 aromatic heterocycles. The summed E-state index contributed by atoms with van der Waals surface area (Å²) in [6.07, 6.45) is 0. The van der Waals surface area contributed by atoms with Crippen molar-refractivity contribution in [2.24, 2.45) is 0 Å². The number of likely N-dealkylation sites (N-methyl/N-ethyl adjacent to an activating group) is 1. The fourth-order valence-corrected chi connectivity index (χ4v) is 3.06. The standard InChI is InChI=1S/C22H24N2O/c1-16-9-4-5-11-19(16)15-24(3)17(2)22(25)23-21-14-8-12-18-10-6-7-13-20(18)21/h4-14,17H,15H2,1-3H3,(H,23,25)/p+1/t17-/m1/s1. The summed E-state index contributed by atoms with van der Waals surface area (Å²) in [6.45, 7) is 4.92. The molecule has 3 heteroatoms. The van der Waals surface area contributed by atoms with Gasteiger partial charge in [-0.3, -0.25) is 4.79 Å². The lowest BCUT2D eigenvalue weighted by molar-refractivity contribution is -0.907. The van der Waals surface area contributed by atoms with Gasteiger partial charge < -0.3 is 10.2 Å². The average molecular weight is 333 g/mol. The number of fused-ring (bicyclic) bond motifs is 1. The summed E-state index contributed by atoms with van der Waals surface area (Å²) in [7, 11) is 2.07. The molecule has 0 spiro atoms. The van der Waals surface area contributed by atoms with E-state index in [1.165, 1.54) is 16.0 Å². The van der Waals surface area contributed by atoms with E-state index >= 15 is 0 Å². The molecule has 3 aromatic carbocycles. The van der Waals surface area contributed by atoms with Crippen LogP contribution in [0.25, 0.3) is 10.8 Å². The Bertz CT molecular complexity index is 883. The van der Waals surface area contributed by atoms with Gasteiger partial charge >= 0.3 is 0 Å². The van der Waals surface area contributed by atoms with Gasteiger partial charge in [-0.1, -0.05) is 60.7 Å². The van der Waals surface area contributed by atoms with Gasteiger partial charge in [0.1, 0.15) is 6.54 Å². The van der Waals surface area contributed by atoms with Crippen LogP contribution in [-0.4, -0.2) is 19.0 Å². The Morgan fingerprint density at radius 3 is 2.48 bits per heavy atom. The molecule has 3 nitrogen and oxygen atoms in total. The highest BCUT2D eigenvalue weighted by Crippen LogP contribution is 2.22. The van der Waals surface area contributed by atoms with Gasteiger partial charge in [-0.15, -0.1) is 0 Å². The Morgan fingerprint density at radius 1 is 1.00 bits per heavy atom. The summed E-state index contributed by atoms with van der Waals surface area (Å²) in [6, 6.07) is 22.3. The van der Waals surface area contributed by atoms with E-state index in [9.17, 15) is 4.79 Å². The summed E-state index contributed by atoms with van der Waals surface area (Å²) >= 11 is 0. The zero-order chi connectivity index (χ0) is 17.8. The van der Waals surface area contributed by atoms with Gasteiger partial charge in [-0.05, 0) is 30.9 Å². The molecule has 1 amide bonds. The number of carbonyl (C=O) groups is 1. The lowest BCUT2D eigenvalue weighted by atomic mass is 10.1. The SMILES string of the molecule is Cc1ccccc1C[NH+](C)[C@H](C)C(=O)Nc1cccc2ccccc12. The molecule has 25 heavy (non-hydrogen) atoms. The molecule has 128 valence electrons. The van der Waals surface area contributed by atoms with E-state index in [0.717, 1.165) is 23.0 Å². The van der Waals surface area contributed by atoms with Crippen LogP contribution in [0.4, 0.5) is 5.69 Å². The van der Waals surface area contributed by atoms with E-state index in [-0.39, 0.29) is 11.9 Å². The molecule has 0 aliphatic heterocycles. The maximum atomic E-state index is 12.7. The van der Waals surface area contributed by atoms with Crippen LogP contribution in [0.2, 0.25) is 0 Å². The third kappa shape index (κ3) is 3.89. The quantitative estimate of drug-likeness (QED) is 0.739. The third-order valence-electron chi connectivity index (χ3n) is 4.91. The zero-order valence-electron chi connectivity index (χ0n) is 15.0. The van der Waals surface area contributed by atoms with Crippen molar-refractivity contribution < 1.29 is 9.69 Å². The molecule has 0 saturated carbocycles. The van der Waals surface area contributed by atoms with Crippen LogP contribution >= 0.6 is 0 Å². The summed E-state index contributed by atoms with van der Waals surface area (Å²) in [5, 5.41) is 5.31. The highest BCUT2D eigenvalue weighted by atomic mass is 16.2. The van der Waals surface area contributed by atoms with E-state index < -0.39 is 0 Å². The smallest absolute Gasteiger partial charge is 0.282 e. The van der Waals surface area contributed by atoms with Crippen molar-refractivity contribution in [1.29, 1.82) is 0 Å². The molecule has 3 rings (SSSR count). The topological polar surface area (TPSA) is 33.5 Å². The van der Waals surface area contributed by atoms with Gasteiger partial charge in [0, 0.05) is 16.6 Å². The number of nitrogens with one attached hydrogen (secondary N) is 2. The molecule has 0 aliphatic carbocycles. The van der Waals surface area contributed by atoms with Crippen LogP contribution in [0.3, 0.4) is 0 Å². The van der Waals surface area contributed by atoms with Crippen LogP contribution < -0.4 is 10.2 Å². The summed E-state index contributed by atoms with van der Waals surface area (Å²) in [5.41, 5.74) is 3.42. The summed E-state index contributed by atoms with van der Waals surface area (Å²) in [5.74, 6) is 0.0439. The lowest BCUT2D eigenvalue weighted by Crippen LogP contribution is -3.12. The predicted molar refractivity (Wildman–Crippen MR) is 104 cm³/mol. The molecule has 3 aromatic rings. The Balaban J connectivity index is 1.73. The maximum Gasteiger partial charge on any atom is 0.282 e. The van der Waals surface area contributed by atoms with Crippen molar-refractivity contribution in [2.45, 2.75) is 26.4 Å². The Hall–Kier alpha value is -2.65. The minimum Gasteiger partial charge on any atom is -0.324 e. The highest BCUT2D eigenvalue weighted by Gasteiger charge is 2.22. The van der Waals surface area contributed by atoms with E-state index in [1.54, 1.807) is 0 Å². The Labute approximate surface area is 149 Å². The Morgan fingerprint density at radius 2 is 1.68 bits per heavy atom. The highest BCUT2D eigenvalue weighted by molar-refractivity contribution is 6.03. The molecule has 2 N–H and O–H groups in total. The molecule has 0 fully saturated rings. The van der Waals surface area contributed by atoms with E-state index in [4.69, 9.17) is 0 Å². The van der Waals surface area contributed by atoms with Crippen LogP contribution in [0.5, 0.6) is 0 Å². The summed E-state index contributed by atoms with van der Waals surface area (Å²) in [4.78, 5) is 13.9. The van der Waals surface area contributed by atoms with Crippen molar-refractivity contribution >= 4 is 22.4 Å². The van der Waals surface area contributed by atoms with Crippen molar-refractivity contribution in [1.82, 2.24) is 0 Å². The second-order valence-corrected chi connectivity index (χ2v) is 6.69. The second-order valence-electron chi connectivity index (χ2n) is 6.69. The first-order valence-corrected chi connectivity index (χ1v) is 8.71. The van der Waals surface area contributed by atoms with Gasteiger partial charge in [0.25, 0.3) is 5.91 Å². The minimum atomic E-state index is -0.140. The van der Waals surface area contributed by atoms with Crippen molar-refractivity contribution in [3.8, 4) is 0 Å². The van der Waals surface area contributed by atoms with Crippen LogP contribution in [0, 0.1) is 6.92 Å². The normalized spacial score (nSPS) is 13.4. The molecule has 0 bridgehead atoms. The number of rotatable bonds is 5. The van der Waals surface area contributed by atoms with Gasteiger partial charge in [0.15, 0.2) is 6.04 Å². The largest absolute Gasteiger partial charge is 0.324 e. The molecular weight excluding hydrogens is 308 g/mol. The van der Waals surface area contributed by atoms with E-state index in [2.05, 4.69) is 49.6 Å². The fraction of sp³-hybridized carbons (Fsp3) is 0.227. The molecule has 0 heterocycles. The fourth-order valence-electron chi connectivity index (χ4n) is 3.06. The number of quaternary nitrogens is 1. The molecule has 1 unspecified atom stereocenters. The van der Waals surface area contributed by atoms with Crippen molar-refractivity contribution in [3.63, 3.8) is 0 Å². The zero-order valence-corrected chi connectivity index (χ0v) is 15.0. The van der Waals surface area contributed by atoms with Gasteiger partial charge in [-0.25, -0.2) is 0 Å². The van der Waals surface area contributed by atoms with Crippen LogP contribution in [0.1, 0.15) is 18.1 Å². The number of hydrogen-bond acceptors (Lipinski definition) is 1. The number of amides is 1. The van der Waals surface area contributed by atoms with E-state index in [0.29, 0.717) is 0 Å². The van der Waals surface area contributed by atoms with Gasteiger partial charge in [0.05, 0.1) is 7.05 Å². The molecule has 0 aliphatic rings. The van der Waals surface area contributed by atoms with Gasteiger partial charge in [0.2, 0.25) is 0 Å². The number of anilines is 1. The molecule has 0 radical (unpaired) electrons. The summed E-state index contributed by atoms with van der Waals surface area (Å²) < 4.78 is 0. The first-order valence-electron chi connectivity index (χ1n) is 8.71. The number of benzene rings is 3. The molecule has 2 atom stereocenters. The average Bonchev–Trinajstić information content (AvgIpc) is 2.63. The predicted octanol–water partition coefficient (Wildman–Crippen LogP) is 3.19. The minimum absolute atomic E-state index is 0.0439. The first kappa shape index (κ1) is 17.2. The molecular formula is C22H25N2O+. The van der Waals surface area contributed by atoms with Crippen molar-refractivity contribution in [2.75, 3.05) is 12.4 Å². The monoisotopic (exact) mass is 333 g/mol. The second kappa shape index (κ2) is 7.49. The molecule has 0 saturated heterocycles. The first-order chi connectivity index (χ1) is 12.1. The third-order valence-corrected chi connectivity index (χ3v) is 4.91. The maximum absolute atomic E-state index is 12.7. The van der Waals surface area contributed by atoms with Crippen LogP contribution in [-0.2, 0) is 11.3 Å². The van der Waals surface area contributed by atoms with Gasteiger partial charge in [-0.2, -0.15) is 0 Å². The lowest BCUT2D eigenvalue weighted by Gasteiger charge is -2.22. The Kier molecular flexibility index (Phi) is 5.15. The number of carbonyl (C=O) groups excluding carboxylic acids is 1. The van der Waals surface area contributed by atoms with E-state index in [1.807, 2.05) is 43.3 Å². The number of aryl methyl sites for hydroxylation is 1.